The summed E-state index contributed by atoms with van der Waals surface area (Å²) in [5.41, 5.74) is 3.41. The van der Waals surface area contributed by atoms with E-state index in [0.29, 0.717) is 0 Å². The molecule has 106 valence electrons. The second-order valence-electron chi connectivity index (χ2n) is 4.62. The maximum atomic E-state index is 4.56. The van der Waals surface area contributed by atoms with Crippen LogP contribution in [0.5, 0.6) is 0 Å². The van der Waals surface area contributed by atoms with Gasteiger partial charge in [-0.3, -0.25) is 0 Å². The third kappa shape index (κ3) is 3.48. The molecule has 5 heteroatoms. The summed E-state index contributed by atoms with van der Waals surface area (Å²) >= 11 is 1.60. The van der Waals surface area contributed by atoms with Crippen LogP contribution < -0.4 is 5.32 Å². The Kier molecular flexibility index (Phi) is 4.95. The van der Waals surface area contributed by atoms with Gasteiger partial charge in [0.2, 0.25) is 0 Å². The van der Waals surface area contributed by atoms with Crippen LogP contribution in [0, 0.1) is 13.8 Å². The van der Waals surface area contributed by atoms with Gasteiger partial charge in [0.25, 0.3) is 0 Å². The molecule has 0 unspecified atom stereocenters. The average Bonchev–Trinajstić information content (AvgIpc) is 2.38. The lowest BCUT2D eigenvalue weighted by Gasteiger charge is -2.11. The van der Waals surface area contributed by atoms with Gasteiger partial charge >= 0.3 is 0 Å². The topological polar surface area (TPSA) is 50.7 Å². The van der Waals surface area contributed by atoms with Crippen LogP contribution in [0.1, 0.15) is 30.7 Å². The summed E-state index contributed by atoms with van der Waals surface area (Å²) in [5, 5.41) is 5.26. The van der Waals surface area contributed by atoms with Crippen molar-refractivity contribution in [1.29, 1.82) is 0 Å². The van der Waals surface area contributed by atoms with Crippen molar-refractivity contribution in [2.45, 2.75) is 44.2 Å². The minimum absolute atomic E-state index is 0.857. The quantitative estimate of drug-likeness (QED) is 0.851. The number of hydrogen-bond donors (Lipinski definition) is 1. The number of aromatic nitrogens is 3. The van der Waals surface area contributed by atoms with E-state index in [1.807, 2.05) is 6.92 Å². The lowest BCUT2D eigenvalue weighted by Crippen LogP contribution is -2.05. The van der Waals surface area contributed by atoms with Crippen LogP contribution in [0.3, 0.4) is 0 Å². The minimum atomic E-state index is 0.857. The molecule has 2 aromatic heterocycles. The van der Waals surface area contributed by atoms with Crippen molar-refractivity contribution in [2.24, 2.45) is 0 Å². The van der Waals surface area contributed by atoms with Gasteiger partial charge in [-0.2, -0.15) is 0 Å². The standard InChI is InChI=1S/C15H20N4S/c1-5-12-14(16-6-2)17-9-18-15(12)20-13-8-10(3)7-11(4)19-13/h7-9H,5-6H2,1-4H3,(H,16,17,18). The van der Waals surface area contributed by atoms with Crippen LogP contribution in [-0.2, 0) is 6.42 Å². The summed E-state index contributed by atoms with van der Waals surface area (Å²) in [6, 6.07) is 4.17. The number of anilines is 1. The number of nitrogens with one attached hydrogen (secondary N) is 1. The Bertz CT molecular complexity index is 578. The lowest BCUT2D eigenvalue weighted by atomic mass is 10.2. The highest BCUT2D eigenvalue weighted by molar-refractivity contribution is 7.99. The first-order chi connectivity index (χ1) is 9.63. The van der Waals surface area contributed by atoms with Gasteiger partial charge in [-0.15, -0.1) is 0 Å². The molecule has 2 rings (SSSR count). The van der Waals surface area contributed by atoms with Gasteiger partial charge in [-0.05, 0) is 56.7 Å². The predicted molar refractivity (Wildman–Crippen MR) is 83.4 cm³/mol. The molecule has 4 nitrogen and oxygen atoms in total. The zero-order valence-electron chi connectivity index (χ0n) is 12.4. The molecule has 0 atom stereocenters. The molecule has 0 saturated carbocycles. The number of pyridine rings is 1. The Hall–Kier alpha value is -1.62. The molecule has 20 heavy (non-hydrogen) atoms. The first-order valence-corrected chi connectivity index (χ1v) is 7.66. The SMILES string of the molecule is CCNc1ncnc(Sc2cc(C)cc(C)n2)c1CC. The molecule has 0 aliphatic heterocycles. The van der Waals surface area contributed by atoms with Crippen LogP contribution in [0.15, 0.2) is 28.5 Å². The average molecular weight is 288 g/mol. The van der Waals surface area contributed by atoms with E-state index in [1.54, 1.807) is 18.1 Å². The molecule has 0 fully saturated rings. The normalized spacial score (nSPS) is 10.6. The minimum Gasteiger partial charge on any atom is -0.370 e. The van der Waals surface area contributed by atoms with Gasteiger partial charge in [0.1, 0.15) is 22.2 Å². The molecular formula is C15H20N4S. The summed E-state index contributed by atoms with van der Waals surface area (Å²) in [6.07, 6.45) is 2.51. The van der Waals surface area contributed by atoms with Crippen molar-refractivity contribution < 1.29 is 0 Å². The number of nitrogens with zero attached hydrogens (tertiary/aromatic N) is 3. The van der Waals surface area contributed by atoms with E-state index >= 15 is 0 Å². The second-order valence-corrected chi connectivity index (χ2v) is 5.63. The monoisotopic (exact) mass is 288 g/mol. The molecule has 0 amide bonds. The summed E-state index contributed by atoms with van der Waals surface area (Å²) in [5.74, 6) is 0.928. The Morgan fingerprint density at radius 1 is 1.15 bits per heavy atom. The van der Waals surface area contributed by atoms with Crippen LogP contribution in [0.25, 0.3) is 0 Å². The molecule has 0 radical (unpaired) electrons. The summed E-state index contributed by atoms with van der Waals surface area (Å²) in [7, 11) is 0. The van der Waals surface area contributed by atoms with Gasteiger partial charge in [0, 0.05) is 17.8 Å². The maximum absolute atomic E-state index is 4.56. The van der Waals surface area contributed by atoms with Crippen molar-refractivity contribution in [3.8, 4) is 0 Å². The zero-order valence-corrected chi connectivity index (χ0v) is 13.2. The van der Waals surface area contributed by atoms with E-state index in [1.165, 1.54) is 5.56 Å². The number of aryl methyl sites for hydroxylation is 2. The smallest absolute Gasteiger partial charge is 0.133 e. The summed E-state index contributed by atoms with van der Waals surface area (Å²) < 4.78 is 0. The maximum Gasteiger partial charge on any atom is 0.133 e. The molecule has 0 aliphatic rings. The molecule has 0 aromatic carbocycles. The number of hydrogen-bond acceptors (Lipinski definition) is 5. The van der Waals surface area contributed by atoms with Crippen molar-refractivity contribution in [3.05, 3.63) is 35.3 Å². The van der Waals surface area contributed by atoms with E-state index in [-0.39, 0.29) is 0 Å². The van der Waals surface area contributed by atoms with Crippen molar-refractivity contribution in [3.63, 3.8) is 0 Å². The Balaban J connectivity index is 2.35. The van der Waals surface area contributed by atoms with Crippen LogP contribution in [-0.4, -0.2) is 21.5 Å². The molecule has 2 heterocycles. The molecule has 1 N–H and O–H groups in total. The Morgan fingerprint density at radius 2 is 1.95 bits per heavy atom. The van der Waals surface area contributed by atoms with Crippen molar-refractivity contribution in [1.82, 2.24) is 15.0 Å². The van der Waals surface area contributed by atoms with Gasteiger partial charge in [-0.1, -0.05) is 6.92 Å². The van der Waals surface area contributed by atoms with E-state index in [4.69, 9.17) is 0 Å². The van der Waals surface area contributed by atoms with Crippen molar-refractivity contribution >= 4 is 17.6 Å². The molecule has 0 saturated heterocycles. The first kappa shape index (κ1) is 14.8. The van der Waals surface area contributed by atoms with Crippen LogP contribution in [0.4, 0.5) is 5.82 Å². The van der Waals surface area contributed by atoms with Crippen LogP contribution in [0.2, 0.25) is 0 Å². The molecule has 0 spiro atoms. The van der Waals surface area contributed by atoms with Gasteiger partial charge in [0.05, 0.1) is 0 Å². The van der Waals surface area contributed by atoms with E-state index in [0.717, 1.165) is 40.1 Å². The third-order valence-electron chi connectivity index (χ3n) is 2.88. The highest BCUT2D eigenvalue weighted by Crippen LogP contribution is 2.31. The fraction of sp³-hybridized carbons (Fsp3) is 0.400. The molecular weight excluding hydrogens is 268 g/mol. The highest BCUT2D eigenvalue weighted by Gasteiger charge is 2.11. The van der Waals surface area contributed by atoms with E-state index < -0.39 is 0 Å². The predicted octanol–water partition coefficient (Wildman–Crippen LogP) is 3.63. The fourth-order valence-corrected chi connectivity index (χ4v) is 3.17. The fourth-order valence-electron chi connectivity index (χ4n) is 2.08. The highest BCUT2D eigenvalue weighted by atomic mass is 32.2. The second kappa shape index (κ2) is 6.70. The van der Waals surface area contributed by atoms with Crippen LogP contribution >= 0.6 is 11.8 Å². The van der Waals surface area contributed by atoms with E-state index in [2.05, 4.69) is 53.2 Å². The van der Waals surface area contributed by atoms with Gasteiger partial charge < -0.3 is 5.32 Å². The molecule has 2 aromatic rings. The summed E-state index contributed by atoms with van der Waals surface area (Å²) in [4.78, 5) is 13.3. The summed E-state index contributed by atoms with van der Waals surface area (Å²) in [6.45, 7) is 9.15. The Labute approximate surface area is 124 Å². The number of rotatable bonds is 5. The van der Waals surface area contributed by atoms with E-state index in [9.17, 15) is 0 Å². The largest absolute Gasteiger partial charge is 0.370 e. The molecule has 0 aliphatic carbocycles. The molecule has 0 bridgehead atoms. The third-order valence-corrected chi connectivity index (χ3v) is 3.84. The van der Waals surface area contributed by atoms with Gasteiger partial charge in [0.15, 0.2) is 0 Å². The van der Waals surface area contributed by atoms with Gasteiger partial charge in [-0.25, -0.2) is 15.0 Å². The zero-order chi connectivity index (χ0) is 14.5. The Morgan fingerprint density at radius 3 is 2.60 bits per heavy atom. The lowest BCUT2D eigenvalue weighted by molar-refractivity contribution is 0.932. The van der Waals surface area contributed by atoms with Crippen molar-refractivity contribution in [2.75, 3.05) is 11.9 Å². The first-order valence-electron chi connectivity index (χ1n) is 6.85.